The molecule has 0 bridgehead atoms. The zero-order valence-corrected chi connectivity index (χ0v) is 8.45. The van der Waals surface area contributed by atoms with E-state index in [1.165, 1.54) is 0 Å². The van der Waals surface area contributed by atoms with Crippen LogP contribution in [0.2, 0.25) is 5.02 Å². The lowest BCUT2D eigenvalue weighted by Crippen LogP contribution is -2.05. The van der Waals surface area contributed by atoms with Crippen molar-refractivity contribution in [2.75, 3.05) is 0 Å². The molecule has 0 saturated carbocycles. The molecule has 1 atom stereocenters. The van der Waals surface area contributed by atoms with Crippen molar-refractivity contribution in [3.63, 3.8) is 0 Å². The van der Waals surface area contributed by atoms with E-state index < -0.39 is 12.1 Å². The van der Waals surface area contributed by atoms with E-state index in [1.807, 2.05) is 6.92 Å². The first-order chi connectivity index (χ1) is 6.50. The van der Waals surface area contributed by atoms with Gasteiger partial charge in [0.15, 0.2) is 0 Å². The number of aryl methyl sites for hydroxylation is 1. The summed E-state index contributed by atoms with van der Waals surface area (Å²) in [6, 6.07) is 5.02. The minimum atomic E-state index is -1.03. The van der Waals surface area contributed by atoms with Gasteiger partial charge in [-0.2, -0.15) is 0 Å². The summed E-state index contributed by atoms with van der Waals surface area (Å²) in [5.74, 6) is -1.03. The molecule has 0 aliphatic rings. The van der Waals surface area contributed by atoms with Crippen LogP contribution in [0.25, 0.3) is 0 Å². The van der Waals surface area contributed by atoms with Crippen molar-refractivity contribution in [1.82, 2.24) is 0 Å². The minimum Gasteiger partial charge on any atom is -0.481 e. The minimum absolute atomic E-state index is 0.306. The Labute approximate surface area is 86.9 Å². The molecular formula is C10H11ClO3. The van der Waals surface area contributed by atoms with Crippen molar-refractivity contribution in [3.8, 4) is 0 Å². The lowest BCUT2D eigenvalue weighted by Gasteiger charge is -2.09. The number of carboxylic acid groups (broad SMARTS) is 1. The average Bonchev–Trinajstić information content (AvgIpc) is 2.08. The van der Waals surface area contributed by atoms with Gasteiger partial charge in [0, 0.05) is 5.02 Å². The molecule has 1 rings (SSSR count). The molecule has 0 radical (unpaired) electrons. The van der Waals surface area contributed by atoms with Gasteiger partial charge in [0.1, 0.15) is 0 Å². The molecule has 1 unspecified atom stereocenters. The molecule has 14 heavy (non-hydrogen) atoms. The molecule has 0 fully saturated rings. The van der Waals surface area contributed by atoms with Gasteiger partial charge in [-0.3, -0.25) is 4.79 Å². The Hall–Kier alpha value is -1.06. The van der Waals surface area contributed by atoms with E-state index in [0.717, 1.165) is 5.56 Å². The molecular weight excluding hydrogens is 204 g/mol. The lowest BCUT2D eigenvalue weighted by atomic mass is 10.1. The number of hydrogen-bond donors (Lipinski definition) is 2. The highest BCUT2D eigenvalue weighted by atomic mass is 35.5. The summed E-state index contributed by atoms with van der Waals surface area (Å²) < 4.78 is 0. The topological polar surface area (TPSA) is 57.5 Å². The molecule has 4 heteroatoms. The van der Waals surface area contributed by atoms with E-state index in [9.17, 15) is 9.90 Å². The number of hydrogen-bond acceptors (Lipinski definition) is 2. The molecule has 0 spiro atoms. The molecule has 0 aromatic heterocycles. The number of rotatable bonds is 3. The van der Waals surface area contributed by atoms with Crippen LogP contribution < -0.4 is 0 Å². The monoisotopic (exact) mass is 214 g/mol. The number of benzene rings is 1. The summed E-state index contributed by atoms with van der Waals surface area (Å²) in [5.41, 5.74) is 1.43. The number of aliphatic hydroxyl groups excluding tert-OH is 1. The second-order valence-electron chi connectivity index (χ2n) is 3.12. The Morgan fingerprint density at radius 1 is 1.57 bits per heavy atom. The third-order valence-corrected chi connectivity index (χ3v) is 2.36. The van der Waals surface area contributed by atoms with Crippen molar-refractivity contribution in [1.29, 1.82) is 0 Å². The molecule has 0 aliphatic heterocycles. The van der Waals surface area contributed by atoms with E-state index in [4.69, 9.17) is 16.7 Å². The van der Waals surface area contributed by atoms with Gasteiger partial charge in [-0.15, -0.1) is 0 Å². The highest BCUT2D eigenvalue weighted by Crippen LogP contribution is 2.22. The quantitative estimate of drug-likeness (QED) is 0.811. The van der Waals surface area contributed by atoms with E-state index in [1.54, 1.807) is 18.2 Å². The molecule has 0 heterocycles. The number of aliphatic hydroxyl groups is 1. The fourth-order valence-electron chi connectivity index (χ4n) is 1.10. The largest absolute Gasteiger partial charge is 0.481 e. The summed E-state index contributed by atoms with van der Waals surface area (Å²) in [6.07, 6.45) is -1.30. The first-order valence-electron chi connectivity index (χ1n) is 4.16. The van der Waals surface area contributed by atoms with E-state index in [2.05, 4.69) is 0 Å². The van der Waals surface area contributed by atoms with Crippen LogP contribution >= 0.6 is 11.6 Å². The van der Waals surface area contributed by atoms with Crippen molar-refractivity contribution >= 4 is 17.6 Å². The maximum atomic E-state index is 10.3. The predicted molar refractivity (Wildman–Crippen MR) is 53.4 cm³/mol. The van der Waals surface area contributed by atoms with Crippen molar-refractivity contribution in [3.05, 3.63) is 34.3 Å². The zero-order chi connectivity index (χ0) is 10.7. The van der Waals surface area contributed by atoms with Gasteiger partial charge in [0.25, 0.3) is 0 Å². The zero-order valence-electron chi connectivity index (χ0n) is 7.70. The van der Waals surface area contributed by atoms with E-state index in [0.29, 0.717) is 10.6 Å². The maximum Gasteiger partial charge on any atom is 0.306 e. The number of carboxylic acids is 1. The van der Waals surface area contributed by atoms with E-state index >= 15 is 0 Å². The third kappa shape index (κ3) is 2.72. The van der Waals surface area contributed by atoms with Gasteiger partial charge < -0.3 is 10.2 Å². The lowest BCUT2D eigenvalue weighted by molar-refractivity contribution is -0.139. The summed E-state index contributed by atoms with van der Waals surface area (Å²) in [4.78, 5) is 10.3. The fraction of sp³-hybridized carbons (Fsp3) is 0.300. The van der Waals surface area contributed by atoms with Gasteiger partial charge in [0.05, 0.1) is 12.5 Å². The predicted octanol–water partition coefficient (Wildman–Crippen LogP) is 2.16. The van der Waals surface area contributed by atoms with Crippen LogP contribution in [0.15, 0.2) is 18.2 Å². The van der Waals surface area contributed by atoms with Gasteiger partial charge in [-0.25, -0.2) is 0 Å². The van der Waals surface area contributed by atoms with Crippen LogP contribution in [0.1, 0.15) is 23.7 Å². The Balaban J connectivity index is 2.85. The highest BCUT2D eigenvalue weighted by Gasteiger charge is 2.12. The van der Waals surface area contributed by atoms with E-state index in [-0.39, 0.29) is 6.42 Å². The average molecular weight is 215 g/mol. The van der Waals surface area contributed by atoms with Gasteiger partial charge in [-0.05, 0) is 24.1 Å². The van der Waals surface area contributed by atoms with Gasteiger partial charge >= 0.3 is 5.97 Å². The molecule has 2 N–H and O–H groups in total. The van der Waals surface area contributed by atoms with Crippen LogP contribution in [0.3, 0.4) is 0 Å². The SMILES string of the molecule is Cc1ccc(C(O)CC(=O)O)cc1Cl. The second-order valence-corrected chi connectivity index (χ2v) is 3.53. The Morgan fingerprint density at radius 2 is 2.21 bits per heavy atom. The highest BCUT2D eigenvalue weighted by molar-refractivity contribution is 6.31. The molecule has 0 aliphatic carbocycles. The van der Waals surface area contributed by atoms with Crippen LogP contribution in [0.5, 0.6) is 0 Å². The first kappa shape index (κ1) is 11.0. The summed E-state index contributed by atoms with van der Waals surface area (Å²) in [7, 11) is 0. The molecule has 0 saturated heterocycles. The maximum absolute atomic E-state index is 10.3. The van der Waals surface area contributed by atoms with Gasteiger partial charge in [-0.1, -0.05) is 23.7 Å². The second kappa shape index (κ2) is 4.44. The Bertz CT molecular complexity index is 349. The number of aliphatic carboxylic acids is 1. The third-order valence-electron chi connectivity index (χ3n) is 1.95. The molecule has 76 valence electrons. The molecule has 0 amide bonds. The standard InChI is InChI=1S/C10H11ClO3/c1-6-2-3-7(4-8(6)11)9(12)5-10(13)14/h2-4,9,12H,5H2,1H3,(H,13,14). The molecule has 1 aromatic rings. The Kier molecular flexibility index (Phi) is 3.49. The fourth-order valence-corrected chi connectivity index (χ4v) is 1.29. The van der Waals surface area contributed by atoms with Crippen LogP contribution in [0, 0.1) is 6.92 Å². The van der Waals surface area contributed by atoms with Crippen LogP contribution in [-0.4, -0.2) is 16.2 Å². The van der Waals surface area contributed by atoms with Crippen molar-refractivity contribution < 1.29 is 15.0 Å². The van der Waals surface area contributed by atoms with Crippen LogP contribution in [0.4, 0.5) is 0 Å². The van der Waals surface area contributed by atoms with Crippen molar-refractivity contribution in [2.45, 2.75) is 19.4 Å². The smallest absolute Gasteiger partial charge is 0.306 e. The molecule has 3 nitrogen and oxygen atoms in total. The summed E-state index contributed by atoms with van der Waals surface area (Å²) in [6.45, 7) is 1.84. The molecule has 1 aromatic carbocycles. The van der Waals surface area contributed by atoms with Gasteiger partial charge in [0.2, 0.25) is 0 Å². The first-order valence-corrected chi connectivity index (χ1v) is 4.54. The summed E-state index contributed by atoms with van der Waals surface area (Å²) >= 11 is 5.84. The van der Waals surface area contributed by atoms with Crippen molar-refractivity contribution in [2.24, 2.45) is 0 Å². The van der Waals surface area contributed by atoms with Crippen LogP contribution in [-0.2, 0) is 4.79 Å². The summed E-state index contributed by atoms with van der Waals surface area (Å²) in [5, 5.41) is 18.5. The number of halogens is 1. The number of carbonyl (C=O) groups is 1. The Morgan fingerprint density at radius 3 is 2.71 bits per heavy atom. The normalized spacial score (nSPS) is 12.5.